The lowest BCUT2D eigenvalue weighted by atomic mass is 9.51. The molecule has 0 amide bonds. The highest BCUT2D eigenvalue weighted by atomic mass is 16.5. The molecule has 0 aromatic carbocycles. The van der Waals surface area contributed by atoms with Crippen molar-refractivity contribution in [3.05, 3.63) is 0 Å². The fraction of sp³-hybridized carbons (Fsp3) is 1.00. The second kappa shape index (κ2) is 5.73. The zero-order valence-corrected chi connectivity index (χ0v) is 12.8. The zero-order valence-electron chi connectivity index (χ0n) is 12.8. The van der Waals surface area contributed by atoms with Crippen LogP contribution in [-0.2, 0) is 4.74 Å². The molecule has 1 spiro atoms. The van der Waals surface area contributed by atoms with Crippen LogP contribution in [0.3, 0.4) is 0 Å². The van der Waals surface area contributed by atoms with Gasteiger partial charge in [-0.3, -0.25) is 0 Å². The molecule has 19 heavy (non-hydrogen) atoms. The Morgan fingerprint density at radius 1 is 1.16 bits per heavy atom. The van der Waals surface area contributed by atoms with Crippen LogP contribution in [-0.4, -0.2) is 25.3 Å². The predicted molar refractivity (Wildman–Crippen MR) is 79.2 cm³/mol. The van der Waals surface area contributed by atoms with E-state index in [0.717, 1.165) is 24.5 Å². The average molecular weight is 265 g/mol. The molecular weight excluding hydrogens is 234 g/mol. The monoisotopic (exact) mass is 265 g/mol. The number of ether oxygens (including phenoxy) is 1. The van der Waals surface area contributed by atoms with Crippen LogP contribution < -0.4 is 5.32 Å². The Kier molecular flexibility index (Phi) is 4.19. The summed E-state index contributed by atoms with van der Waals surface area (Å²) in [5.74, 6) is 1.89. The lowest BCUT2D eigenvalue weighted by Gasteiger charge is -2.61. The minimum absolute atomic E-state index is 0.538. The maximum Gasteiger partial charge on any atom is 0.0661 e. The highest BCUT2D eigenvalue weighted by Crippen LogP contribution is 2.57. The van der Waals surface area contributed by atoms with Crippen molar-refractivity contribution < 1.29 is 4.74 Å². The van der Waals surface area contributed by atoms with Crippen molar-refractivity contribution in [1.82, 2.24) is 5.32 Å². The van der Waals surface area contributed by atoms with Gasteiger partial charge in [0.15, 0.2) is 0 Å². The molecule has 1 N–H and O–H groups in total. The summed E-state index contributed by atoms with van der Waals surface area (Å²) in [6, 6.07) is 0.759. The first kappa shape index (κ1) is 13.9. The molecule has 0 aromatic rings. The van der Waals surface area contributed by atoms with E-state index in [0.29, 0.717) is 11.5 Å². The molecule has 3 aliphatic rings. The van der Waals surface area contributed by atoms with Gasteiger partial charge in [0, 0.05) is 18.1 Å². The molecule has 0 aliphatic heterocycles. The Labute approximate surface area is 118 Å². The van der Waals surface area contributed by atoms with Crippen LogP contribution in [0.4, 0.5) is 0 Å². The fourth-order valence-corrected chi connectivity index (χ4v) is 4.78. The molecule has 4 atom stereocenters. The maximum absolute atomic E-state index is 5.93. The summed E-state index contributed by atoms with van der Waals surface area (Å²) in [6.45, 7) is 6.71. The van der Waals surface area contributed by atoms with E-state index < -0.39 is 0 Å². The summed E-state index contributed by atoms with van der Waals surface area (Å²) in [7, 11) is 0. The second-order valence-electron chi connectivity index (χ2n) is 7.37. The normalized spacial score (nSPS) is 40.7. The molecule has 0 heterocycles. The quantitative estimate of drug-likeness (QED) is 0.817. The van der Waals surface area contributed by atoms with E-state index in [1.807, 2.05) is 0 Å². The third-order valence-corrected chi connectivity index (χ3v) is 6.14. The minimum atomic E-state index is 0.538. The molecule has 0 radical (unpaired) electrons. The van der Waals surface area contributed by atoms with Crippen molar-refractivity contribution in [3.63, 3.8) is 0 Å². The zero-order chi connectivity index (χ0) is 13.3. The first-order chi connectivity index (χ1) is 9.24. The summed E-state index contributed by atoms with van der Waals surface area (Å²) < 4.78 is 5.93. The van der Waals surface area contributed by atoms with Crippen molar-refractivity contribution in [2.24, 2.45) is 17.3 Å². The first-order valence-corrected chi connectivity index (χ1v) is 8.59. The standard InChI is InChI=1S/C17H31NO/c1-3-19-16-11-15(17(16)8-5-9-17)18-12-14-7-4-6-13(2)10-14/h13-16,18H,3-12H2,1-2H3. The van der Waals surface area contributed by atoms with Gasteiger partial charge >= 0.3 is 0 Å². The van der Waals surface area contributed by atoms with E-state index >= 15 is 0 Å². The Hall–Kier alpha value is -0.0800. The molecule has 0 aromatic heterocycles. The van der Waals surface area contributed by atoms with Gasteiger partial charge in [-0.15, -0.1) is 0 Å². The van der Waals surface area contributed by atoms with Crippen molar-refractivity contribution in [2.75, 3.05) is 13.2 Å². The van der Waals surface area contributed by atoms with Gasteiger partial charge in [-0.25, -0.2) is 0 Å². The summed E-state index contributed by atoms with van der Waals surface area (Å²) >= 11 is 0. The van der Waals surface area contributed by atoms with Gasteiger partial charge in [-0.1, -0.05) is 26.2 Å². The van der Waals surface area contributed by atoms with E-state index in [1.165, 1.54) is 57.9 Å². The third-order valence-electron chi connectivity index (χ3n) is 6.14. The van der Waals surface area contributed by atoms with Crippen molar-refractivity contribution >= 4 is 0 Å². The van der Waals surface area contributed by atoms with E-state index in [9.17, 15) is 0 Å². The highest BCUT2D eigenvalue weighted by Gasteiger charge is 2.58. The van der Waals surface area contributed by atoms with Crippen LogP contribution in [0.2, 0.25) is 0 Å². The molecule has 4 unspecified atom stereocenters. The van der Waals surface area contributed by atoms with Gasteiger partial charge in [0.05, 0.1) is 6.10 Å². The second-order valence-corrected chi connectivity index (χ2v) is 7.37. The predicted octanol–water partition coefficient (Wildman–Crippen LogP) is 3.75. The van der Waals surface area contributed by atoms with Crippen LogP contribution >= 0.6 is 0 Å². The first-order valence-electron chi connectivity index (χ1n) is 8.59. The summed E-state index contributed by atoms with van der Waals surface area (Å²) in [5, 5.41) is 3.91. The smallest absolute Gasteiger partial charge is 0.0661 e. The number of hydrogen-bond acceptors (Lipinski definition) is 2. The van der Waals surface area contributed by atoms with Crippen molar-refractivity contribution in [3.8, 4) is 0 Å². The molecule has 2 nitrogen and oxygen atoms in total. The SMILES string of the molecule is CCOC1CC(NCC2CCCC(C)C2)C12CCC2. The minimum Gasteiger partial charge on any atom is -0.378 e. The number of hydrogen-bond donors (Lipinski definition) is 1. The third kappa shape index (κ3) is 2.58. The summed E-state index contributed by atoms with van der Waals surface area (Å²) in [4.78, 5) is 0. The number of nitrogens with one attached hydrogen (secondary N) is 1. The molecule has 0 bridgehead atoms. The van der Waals surface area contributed by atoms with Gasteiger partial charge in [0.2, 0.25) is 0 Å². The Balaban J connectivity index is 1.46. The van der Waals surface area contributed by atoms with Crippen molar-refractivity contribution in [2.45, 2.75) is 77.4 Å². The lowest BCUT2D eigenvalue weighted by Crippen LogP contribution is -2.67. The Morgan fingerprint density at radius 2 is 2.00 bits per heavy atom. The highest BCUT2D eigenvalue weighted by molar-refractivity contribution is 5.12. The van der Waals surface area contributed by atoms with E-state index in [1.54, 1.807) is 0 Å². The summed E-state index contributed by atoms with van der Waals surface area (Å²) in [5.41, 5.74) is 0.538. The largest absolute Gasteiger partial charge is 0.378 e. The molecule has 2 heteroatoms. The van der Waals surface area contributed by atoms with Crippen LogP contribution in [0.1, 0.15) is 65.2 Å². The van der Waals surface area contributed by atoms with Gasteiger partial charge in [0.25, 0.3) is 0 Å². The molecule has 3 aliphatic carbocycles. The van der Waals surface area contributed by atoms with E-state index in [4.69, 9.17) is 4.74 Å². The maximum atomic E-state index is 5.93. The Bertz CT molecular complexity index is 300. The summed E-state index contributed by atoms with van der Waals surface area (Å²) in [6.07, 6.45) is 11.8. The van der Waals surface area contributed by atoms with Gasteiger partial charge < -0.3 is 10.1 Å². The molecular formula is C17H31NO. The molecule has 0 saturated heterocycles. The van der Waals surface area contributed by atoms with E-state index in [2.05, 4.69) is 19.2 Å². The van der Waals surface area contributed by atoms with Gasteiger partial charge in [0.1, 0.15) is 0 Å². The molecule has 110 valence electrons. The Morgan fingerprint density at radius 3 is 2.63 bits per heavy atom. The number of rotatable bonds is 5. The van der Waals surface area contributed by atoms with Gasteiger partial charge in [-0.05, 0) is 57.4 Å². The molecule has 3 rings (SSSR count). The lowest BCUT2D eigenvalue weighted by molar-refractivity contribution is -0.173. The van der Waals surface area contributed by atoms with E-state index in [-0.39, 0.29) is 0 Å². The van der Waals surface area contributed by atoms with Gasteiger partial charge in [-0.2, -0.15) is 0 Å². The van der Waals surface area contributed by atoms with Crippen LogP contribution in [0, 0.1) is 17.3 Å². The fourth-order valence-electron chi connectivity index (χ4n) is 4.78. The van der Waals surface area contributed by atoms with Crippen molar-refractivity contribution in [1.29, 1.82) is 0 Å². The molecule has 3 saturated carbocycles. The van der Waals surface area contributed by atoms with Crippen LogP contribution in [0.25, 0.3) is 0 Å². The average Bonchev–Trinajstić information content (AvgIpc) is 2.31. The molecule has 3 fully saturated rings. The topological polar surface area (TPSA) is 21.3 Å². The van der Waals surface area contributed by atoms with Crippen LogP contribution in [0.15, 0.2) is 0 Å². The van der Waals surface area contributed by atoms with Crippen LogP contribution in [0.5, 0.6) is 0 Å².